The van der Waals surface area contributed by atoms with E-state index in [2.05, 4.69) is 30.9 Å². The number of para-hydroxylation sites is 1. The summed E-state index contributed by atoms with van der Waals surface area (Å²) in [6, 6.07) is 6.29. The lowest BCUT2D eigenvalue weighted by Gasteiger charge is -2.07. The number of benzene rings is 1. The third kappa shape index (κ3) is 3.28. The molecule has 2 rings (SSSR count). The van der Waals surface area contributed by atoms with Gasteiger partial charge in [0, 0.05) is 0 Å². The molecule has 0 aliphatic carbocycles. The van der Waals surface area contributed by atoms with Crippen molar-refractivity contribution >= 4 is 15.9 Å². The van der Waals surface area contributed by atoms with Crippen molar-refractivity contribution in [1.82, 2.24) is 10.2 Å². The maximum Gasteiger partial charge on any atom is 0.387 e. The third-order valence-electron chi connectivity index (χ3n) is 2.40. The first kappa shape index (κ1) is 13.9. The Kier molecular flexibility index (Phi) is 4.47. The fourth-order valence-corrected chi connectivity index (χ4v) is 1.67. The molecule has 0 aliphatic rings. The minimum absolute atomic E-state index is 0.00956. The van der Waals surface area contributed by atoms with Crippen molar-refractivity contribution in [2.75, 3.05) is 0 Å². The van der Waals surface area contributed by atoms with E-state index < -0.39 is 6.61 Å². The summed E-state index contributed by atoms with van der Waals surface area (Å²) in [7, 11) is 0. The SMILES string of the molecule is CCC(Br)c1nnc(-c2ccccc2OC(F)F)o1. The van der Waals surface area contributed by atoms with Crippen LogP contribution in [0.3, 0.4) is 0 Å². The second-order valence-corrected chi connectivity index (χ2v) is 4.80. The molecule has 0 N–H and O–H groups in total. The van der Waals surface area contributed by atoms with Crippen molar-refractivity contribution in [3.05, 3.63) is 30.2 Å². The lowest BCUT2D eigenvalue weighted by Crippen LogP contribution is -2.03. The van der Waals surface area contributed by atoms with Gasteiger partial charge in [0.15, 0.2) is 0 Å². The molecule has 1 heterocycles. The van der Waals surface area contributed by atoms with Gasteiger partial charge in [-0.05, 0) is 18.6 Å². The van der Waals surface area contributed by atoms with Gasteiger partial charge in [0.25, 0.3) is 5.89 Å². The van der Waals surface area contributed by atoms with Crippen LogP contribution in [0.4, 0.5) is 8.78 Å². The van der Waals surface area contributed by atoms with E-state index in [-0.39, 0.29) is 16.5 Å². The van der Waals surface area contributed by atoms with Gasteiger partial charge in [-0.3, -0.25) is 0 Å². The first-order valence-electron chi connectivity index (χ1n) is 5.63. The first-order chi connectivity index (χ1) is 9.11. The van der Waals surface area contributed by atoms with E-state index in [4.69, 9.17) is 4.42 Å². The van der Waals surface area contributed by atoms with Crippen molar-refractivity contribution in [3.8, 4) is 17.2 Å². The summed E-state index contributed by atoms with van der Waals surface area (Å²) in [6.07, 6.45) is 0.775. The zero-order valence-corrected chi connectivity index (χ0v) is 11.6. The number of hydrogen-bond donors (Lipinski definition) is 0. The van der Waals surface area contributed by atoms with Gasteiger partial charge in [-0.1, -0.05) is 35.0 Å². The van der Waals surface area contributed by atoms with Gasteiger partial charge in [-0.25, -0.2) is 0 Å². The summed E-state index contributed by atoms with van der Waals surface area (Å²) in [5.74, 6) is 0.573. The molecule has 0 aliphatic heterocycles. The zero-order chi connectivity index (χ0) is 13.8. The fourth-order valence-electron chi connectivity index (χ4n) is 1.49. The van der Waals surface area contributed by atoms with E-state index in [0.29, 0.717) is 11.5 Å². The van der Waals surface area contributed by atoms with Gasteiger partial charge in [-0.2, -0.15) is 8.78 Å². The van der Waals surface area contributed by atoms with Gasteiger partial charge >= 0.3 is 6.61 Å². The quantitative estimate of drug-likeness (QED) is 0.770. The van der Waals surface area contributed by atoms with Gasteiger partial charge in [0.2, 0.25) is 5.89 Å². The maximum atomic E-state index is 12.3. The van der Waals surface area contributed by atoms with E-state index in [1.54, 1.807) is 18.2 Å². The average Bonchev–Trinajstić information content (AvgIpc) is 2.87. The molecular weight excluding hydrogens is 322 g/mol. The van der Waals surface area contributed by atoms with Gasteiger partial charge < -0.3 is 9.15 Å². The van der Waals surface area contributed by atoms with E-state index in [1.807, 2.05) is 6.92 Å². The summed E-state index contributed by atoms with van der Waals surface area (Å²) in [4.78, 5) is -0.0584. The number of halogens is 3. The highest BCUT2D eigenvalue weighted by molar-refractivity contribution is 9.09. The number of ether oxygens (including phenoxy) is 1. The summed E-state index contributed by atoms with van der Waals surface area (Å²) in [5, 5.41) is 7.73. The van der Waals surface area contributed by atoms with Gasteiger partial charge in [0.1, 0.15) is 5.75 Å². The Labute approximate surface area is 116 Å². The molecule has 4 nitrogen and oxygen atoms in total. The monoisotopic (exact) mass is 332 g/mol. The number of aromatic nitrogens is 2. The molecule has 0 amide bonds. The Morgan fingerprint density at radius 2 is 2.05 bits per heavy atom. The van der Waals surface area contributed by atoms with Crippen LogP contribution < -0.4 is 4.74 Å². The second-order valence-electron chi connectivity index (χ2n) is 3.70. The van der Waals surface area contributed by atoms with Crippen LogP contribution in [0.5, 0.6) is 5.75 Å². The molecule has 0 spiro atoms. The average molecular weight is 333 g/mol. The second kappa shape index (κ2) is 6.10. The molecule has 2 aromatic rings. The molecule has 1 aromatic heterocycles. The first-order valence-corrected chi connectivity index (χ1v) is 6.55. The molecule has 0 saturated heterocycles. The lowest BCUT2D eigenvalue weighted by atomic mass is 10.2. The van der Waals surface area contributed by atoms with Crippen molar-refractivity contribution in [3.63, 3.8) is 0 Å². The van der Waals surface area contributed by atoms with Crippen molar-refractivity contribution in [1.29, 1.82) is 0 Å². The molecule has 0 radical (unpaired) electrons. The topological polar surface area (TPSA) is 48.2 Å². The van der Waals surface area contributed by atoms with Crippen LogP contribution >= 0.6 is 15.9 Å². The van der Waals surface area contributed by atoms with E-state index in [9.17, 15) is 8.78 Å². The zero-order valence-electron chi connectivity index (χ0n) is 10.0. The Morgan fingerprint density at radius 3 is 2.74 bits per heavy atom. The number of nitrogens with zero attached hydrogens (tertiary/aromatic N) is 2. The lowest BCUT2D eigenvalue weighted by molar-refractivity contribution is -0.0495. The highest BCUT2D eigenvalue weighted by atomic mass is 79.9. The number of hydrogen-bond acceptors (Lipinski definition) is 4. The summed E-state index contributed by atoms with van der Waals surface area (Å²) in [6.45, 7) is -0.944. The molecule has 102 valence electrons. The standard InChI is InChI=1S/C12H11BrF2N2O2/c1-2-8(13)11-17-16-10(19-11)7-5-3-4-6-9(7)18-12(14)15/h3-6,8,12H,2H2,1H3. The minimum atomic E-state index is -2.90. The van der Waals surface area contributed by atoms with Crippen LogP contribution in [0.1, 0.15) is 24.1 Å². The van der Waals surface area contributed by atoms with E-state index >= 15 is 0 Å². The van der Waals surface area contributed by atoms with Crippen LogP contribution in [0, 0.1) is 0 Å². The molecule has 1 unspecified atom stereocenters. The van der Waals surface area contributed by atoms with E-state index in [1.165, 1.54) is 6.07 Å². The van der Waals surface area contributed by atoms with Crippen LogP contribution in [0.2, 0.25) is 0 Å². The molecule has 0 saturated carbocycles. The van der Waals surface area contributed by atoms with Crippen LogP contribution in [-0.2, 0) is 0 Å². The highest BCUT2D eigenvalue weighted by Crippen LogP contribution is 2.32. The van der Waals surface area contributed by atoms with Crippen LogP contribution in [0.25, 0.3) is 11.5 Å². The predicted molar refractivity (Wildman–Crippen MR) is 68.3 cm³/mol. The van der Waals surface area contributed by atoms with Crippen molar-refractivity contribution < 1.29 is 17.9 Å². The Morgan fingerprint density at radius 1 is 1.32 bits per heavy atom. The largest absolute Gasteiger partial charge is 0.434 e. The Hall–Kier alpha value is -1.50. The molecule has 19 heavy (non-hydrogen) atoms. The summed E-state index contributed by atoms with van der Waals surface area (Å²) >= 11 is 3.38. The summed E-state index contributed by atoms with van der Waals surface area (Å²) < 4.78 is 34.5. The van der Waals surface area contributed by atoms with Crippen LogP contribution in [0.15, 0.2) is 28.7 Å². The Bertz CT molecular complexity index is 548. The van der Waals surface area contributed by atoms with Gasteiger partial charge in [-0.15, -0.1) is 10.2 Å². The predicted octanol–water partition coefficient (Wildman–Crippen LogP) is 4.18. The fraction of sp³-hybridized carbons (Fsp3) is 0.333. The minimum Gasteiger partial charge on any atom is -0.434 e. The molecular formula is C12H11BrF2N2O2. The van der Waals surface area contributed by atoms with Crippen molar-refractivity contribution in [2.45, 2.75) is 24.8 Å². The van der Waals surface area contributed by atoms with Crippen LogP contribution in [-0.4, -0.2) is 16.8 Å². The molecule has 7 heteroatoms. The van der Waals surface area contributed by atoms with E-state index in [0.717, 1.165) is 6.42 Å². The van der Waals surface area contributed by atoms with Gasteiger partial charge in [0.05, 0.1) is 10.4 Å². The number of alkyl halides is 3. The molecule has 0 fully saturated rings. The maximum absolute atomic E-state index is 12.3. The summed E-state index contributed by atoms with van der Waals surface area (Å²) in [5.41, 5.74) is 0.345. The molecule has 1 atom stereocenters. The Balaban J connectivity index is 2.33. The smallest absolute Gasteiger partial charge is 0.387 e. The number of rotatable bonds is 5. The third-order valence-corrected chi connectivity index (χ3v) is 3.44. The normalized spacial score (nSPS) is 12.7. The molecule has 1 aromatic carbocycles. The highest BCUT2D eigenvalue weighted by Gasteiger charge is 2.18. The van der Waals surface area contributed by atoms with Crippen molar-refractivity contribution in [2.24, 2.45) is 0 Å². The molecule has 0 bridgehead atoms.